The fourth-order valence-corrected chi connectivity index (χ4v) is 1.55. The van der Waals surface area contributed by atoms with Crippen LogP contribution in [-0.4, -0.2) is 23.3 Å². The zero-order chi connectivity index (χ0) is 13.2. The Bertz CT molecular complexity index is 426. The Kier molecular flexibility index (Phi) is 3.67. The molecule has 0 saturated carbocycles. The number of benzene rings is 1. The summed E-state index contributed by atoms with van der Waals surface area (Å²) >= 11 is 0. The van der Waals surface area contributed by atoms with E-state index in [1.54, 1.807) is 0 Å². The molecular weight excluding hydrogens is 234 g/mol. The Hall–Kier alpha value is -1.69. The van der Waals surface area contributed by atoms with Gasteiger partial charge in [0.2, 0.25) is 0 Å². The maximum absolute atomic E-state index is 13.4. The second-order valence-corrected chi connectivity index (χ2v) is 3.55. The fourth-order valence-electron chi connectivity index (χ4n) is 1.55. The number of methoxy groups -OCH3 is 1. The maximum atomic E-state index is 13.4. The van der Waals surface area contributed by atoms with Crippen LogP contribution >= 0.6 is 0 Å². The first-order chi connectivity index (χ1) is 7.79. The third-order valence-electron chi connectivity index (χ3n) is 2.25. The molecule has 0 heterocycles. The zero-order valence-electron chi connectivity index (χ0n) is 9.28. The van der Waals surface area contributed by atoms with Gasteiger partial charge < -0.3 is 14.9 Å². The van der Waals surface area contributed by atoms with Crippen LogP contribution in [0.2, 0.25) is 0 Å². The van der Waals surface area contributed by atoms with E-state index in [-0.39, 0.29) is 11.3 Å². The lowest BCUT2D eigenvalue weighted by molar-refractivity contribution is -0.147. The molecule has 1 aromatic carbocycles. The molecule has 1 atom stereocenters. The summed E-state index contributed by atoms with van der Waals surface area (Å²) in [5, 5.41) is 18.0. The minimum Gasteiger partial charge on any atom is -0.496 e. The van der Waals surface area contributed by atoms with Gasteiger partial charge in [-0.1, -0.05) is 12.1 Å². The summed E-state index contributed by atoms with van der Waals surface area (Å²) in [4.78, 5) is 10.6. The standard InChI is InChI=1S/C11H12F2O4/c1-11(12,13)8-6(9(14)10(15)16)4-3-5-7(8)17-2/h3-5,9,14H,1-2H3,(H,15,16). The predicted octanol–water partition coefficient (Wildman–Crippen LogP) is 1.92. The molecule has 0 aliphatic carbocycles. The van der Waals surface area contributed by atoms with Crippen LogP contribution in [0.25, 0.3) is 0 Å². The summed E-state index contributed by atoms with van der Waals surface area (Å²) in [6.45, 7) is 0.614. The average molecular weight is 246 g/mol. The van der Waals surface area contributed by atoms with Crippen molar-refractivity contribution in [1.29, 1.82) is 0 Å². The van der Waals surface area contributed by atoms with Crippen molar-refractivity contribution in [3.8, 4) is 5.75 Å². The molecule has 0 saturated heterocycles. The molecule has 0 aliphatic heterocycles. The molecule has 0 aliphatic rings. The molecule has 94 valence electrons. The van der Waals surface area contributed by atoms with Gasteiger partial charge in [0, 0.05) is 12.5 Å². The first kappa shape index (κ1) is 13.4. The highest BCUT2D eigenvalue weighted by molar-refractivity contribution is 5.75. The lowest BCUT2D eigenvalue weighted by Crippen LogP contribution is -2.19. The van der Waals surface area contributed by atoms with E-state index in [2.05, 4.69) is 0 Å². The molecule has 0 amide bonds. The summed E-state index contributed by atoms with van der Waals surface area (Å²) in [6.07, 6.45) is -2.01. The molecule has 0 spiro atoms. The highest BCUT2D eigenvalue weighted by Gasteiger charge is 2.35. The number of carboxylic acids is 1. The molecule has 1 unspecified atom stereocenters. The molecule has 0 radical (unpaired) electrons. The first-order valence-electron chi connectivity index (χ1n) is 4.75. The van der Waals surface area contributed by atoms with Gasteiger partial charge in [-0.25, -0.2) is 13.6 Å². The molecule has 2 N–H and O–H groups in total. The summed E-state index contributed by atoms with van der Waals surface area (Å²) in [5.74, 6) is -5.06. The number of aliphatic hydroxyl groups is 1. The number of aliphatic carboxylic acids is 1. The van der Waals surface area contributed by atoms with E-state index >= 15 is 0 Å². The Morgan fingerprint density at radius 1 is 1.47 bits per heavy atom. The van der Waals surface area contributed by atoms with E-state index in [1.807, 2.05) is 0 Å². The van der Waals surface area contributed by atoms with Crippen LogP contribution in [0.3, 0.4) is 0 Å². The van der Waals surface area contributed by atoms with Gasteiger partial charge in [0.1, 0.15) is 5.75 Å². The summed E-state index contributed by atoms with van der Waals surface area (Å²) in [6, 6.07) is 3.76. The molecule has 1 aromatic rings. The largest absolute Gasteiger partial charge is 0.496 e. The topological polar surface area (TPSA) is 66.8 Å². The van der Waals surface area contributed by atoms with Crippen molar-refractivity contribution in [2.24, 2.45) is 0 Å². The van der Waals surface area contributed by atoms with Gasteiger partial charge in [-0.15, -0.1) is 0 Å². The smallest absolute Gasteiger partial charge is 0.337 e. The Labute approximate surface area is 96.5 Å². The van der Waals surface area contributed by atoms with E-state index in [4.69, 9.17) is 9.84 Å². The van der Waals surface area contributed by atoms with E-state index in [1.165, 1.54) is 19.2 Å². The molecule has 4 nitrogen and oxygen atoms in total. The molecule has 1 rings (SSSR count). The number of alkyl halides is 2. The van der Waals surface area contributed by atoms with Crippen molar-refractivity contribution in [3.05, 3.63) is 29.3 Å². The molecule has 17 heavy (non-hydrogen) atoms. The lowest BCUT2D eigenvalue weighted by Gasteiger charge is -2.20. The zero-order valence-corrected chi connectivity index (χ0v) is 9.28. The van der Waals surface area contributed by atoms with E-state index in [9.17, 15) is 18.7 Å². The van der Waals surface area contributed by atoms with Crippen molar-refractivity contribution in [2.75, 3.05) is 7.11 Å². The SMILES string of the molecule is COc1cccc(C(O)C(=O)O)c1C(C)(F)F. The first-order valence-corrected chi connectivity index (χ1v) is 4.75. The van der Waals surface area contributed by atoms with Crippen molar-refractivity contribution >= 4 is 5.97 Å². The van der Waals surface area contributed by atoms with Crippen LogP contribution in [0.4, 0.5) is 8.78 Å². The van der Waals surface area contributed by atoms with Gasteiger partial charge in [0.15, 0.2) is 6.10 Å². The van der Waals surface area contributed by atoms with Crippen molar-refractivity contribution in [2.45, 2.75) is 19.0 Å². The van der Waals surface area contributed by atoms with Crippen LogP contribution in [0.1, 0.15) is 24.2 Å². The minimum atomic E-state index is -3.31. The van der Waals surface area contributed by atoms with Crippen LogP contribution in [0.15, 0.2) is 18.2 Å². The highest BCUT2D eigenvalue weighted by atomic mass is 19.3. The number of rotatable bonds is 4. The normalized spacial score (nSPS) is 13.2. The quantitative estimate of drug-likeness (QED) is 0.851. The summed E-state index contributed by atoms with van der Waals surface area (Å²) in [5.41, 5.74) is -0.984. The lowest BCUT2D eigenvalue weighted by atomic mass is 9.97. The number of hydrogen-bond acceptors (Lipinski definition) is 3. The second-order valence-electron chi connectivity index (χ2n) is 3.55. The molecular formula is C11H12F2O4. The van der Waals surface area contributed by atoms with Gasteiger partial charge in [-0.2, -0.15) is 0 Å². The molecule has 0 fully saturated rings. The summed E-state index contributed by atoms with van der Waals surface area (Å²) < 4.78 is 31.6. The van der Waals surface area contributed by atoms with Gasteiger partial charge >= 0.3 is 5.97 Å². The minimum absolute atomic E-state index is 0.157. The number of ether oxygens (including phenoxy) is 1. The monoisotopic (exact) mass is 246 g/mol. The number of hydrogen-bond donors (Lipinski definition) is 2. The van der Waals surface area contributed by atoms with Gasteiger partial charge in [-0.3, -0.25) is 0 Å². The molecule has 0 bridgehead atoms. The number of carboxylic acid groups (broad SMARTS) is 1. The number of carbonyl (C=O) groups is 1. The van der Waals surface area contributed by atoms with E-state index in [0.29, 0.717) is 6.92 Å². The molecule has 6 heteroatoms. The van der Waals surface area contributed by atoms with Crippen molar-refractivity contribution < 1.29 is 28.5 Å². The van der Waals surface area contributed by atoms with Crippen LogP contribution in [-0.2, 0) is 10.7 Å². The molecule has 0 aromatic heterocycles. The van der Waals surface area contributed by atoms with Gasteiger partial charge in [-0.05, 0) is 6.07 Å². The van der Waals surface area contributed by atoms with E-state index < -0.39 is 23.6 Å². The van der Waals surface area contributed by atoms with Crippen LogP contribution in [0.5, 0.6) is 5.75 Å². The van der Waals surface area contributed by atoms with Crippen LogP contribution < -0.4 is 4.74 Å². The predicted molar refractivity (Wildman–Crippen MR) is 55.2 cm³/mol. The second kappa shape index (κ2) is 4.67. The third kappa shape index (κ3) is 2.71. The van der Waals surface area contributed by atoms with E-state index in [0.717, 1.165) is 6.07 Å². The number of aliphatic hydroxyl groups excluding tert-OH is 1. The number of halogens is 2. The third-order valence-corrected chi connectivity index (χ3v) is 2.25. The highest BCUT2D eigenvalue weighted by Crippen LogP contribution is 2.39. The maximum Gasteiger partial charge on any atom is 0.337 e. The Morgan fingerprint density at radius 3 is 2.47 bits per heavy atom. The van der Waals surface area contributed by atoms with Gasteiger partial charge in [0.25, 0.3) is 5.92 Å². The summed E-state index contributed by atoms with van der Waals surface area (Å²) in [7, 11) is 1.20. The average Bonchev–Trinajstić information content (AvgIpc) is 2.25. The van der Waals surface area contributed by atoms with Gasteiger partial charge in [0.05, 0.1) is 12.7 Å². The Morgan fingerprint density at radius 2 is 2.06 bits per heavy atom. The van der Waals surface area contributed by atoms with Crippen molar-refractivity contribution in [3.63, 3.8) is 0 Å². The van der Waals surface area contributed by atoms with Crippen molar-refractivity contribution in [1.82, 2.24) is 0 Å². The Balaban J connectivity index is 3.45. The van der Waals surface area contributed by atoms with Crippen LogP contribution in [0, 0.1) is 0 Å². The fraction of sp³-hybridized carbons (Fsp3) is 0.364.